The van der Waals surface area contributed by atoms with Crippen LogP contribution < -0.4 is 9.64 Å². The summed E-state index contributed by atoms with van der Waals surface area (Å²) in [6, 6.07) is 3.23. The van der Waals surface area contributed by atoms with Gasteiger partial charge in [0.15, 0.2) is 0 Å². The number of rotatable bonds is 5. The molecule has 0 spiro atoms. The van der Waals surface area contributed by atoms with E-state index < -0.39 is 6.43 Å². The third-order valence-electron chi connectivity index (χ3n) is 7.68. The van der Waals surface area contributed by atoms with Crippen LogP contribution in [0.1, 0.15) is 45.1 Å². The van der Waals surface area contributed by atoms with Gasteiger partial charge in [-0.3, -0.25) is 14.5 Å². The summed E-state index contributed by atoms with van der Waals surface area (Å²) in [5.74, 6) is 1.70. The van der Waals surface area contributed by atoms with Crippen molar-refractivity contribution in [2.45, 2.75) is 39.5 Å². The zero-order valence-corrected chi connectivity index (χ0v) is 22.3. The Hall–Kier alpha value is -3.27. The monoisotopic (exact) mass is 527 g/mol. The van der Waals surface area contributed by atoms with E-state index in [9.17, 15) is 13.6 Å². The largest absolute Gasteiger partial charge is 0.490 e. The third kappa shape index (κ3) is 5.45. The molecular weight excluding hydrogens is 492 g/mol. The van der Waals surface area contributed by atoms with Crippen LogP contribution in [0.3, 0.4) is 0 Å². The SMILES string of the molecule is CC(=O)N1CCC(C)=C(C(=NCC2CCOCC2)N2CCOc3cc(-c4cnn(C)c4)c(C(F)F)cc32)C1. The molecule has 1 saturated heterocycles. The first-order valence-corrected chi connectivity index (χ1v) is 13.2. The van der Waals surface area contributed by atoms with Gasteiger partial charge in [-0.05, 0) is 49.8 Å². The Labute approximate surface area is 221 Å². The van der Waals surface area contributed by atoms with Crippen molar-refractivity contribution in [2.24, 2.45) is 18.0 Å². The molecule has 0 radical (unpaired) electrons. The van der Waals surface area contributed by atoms with Gasteiger partial charge < -0.3 is 19.3 Å². The highest BCUT2D eigenvalue weighted by Gasteiger charge is 2.31. The van der Waals surface area contributed by atoms with Crippen LogP contribution >= 0.6 is 0 Å². The molecule has 1 fully saturated rings. The Kier molecular flexibility index (Phi) is 7.78. The second-order valence-electron chi connectivity index (χ2n) is 10.3. The van der Waals surface area contributed by atoms with Crippen LogP contribution in [0.25, 0.3) is 11.1 Å². The number of halogens is 2. The van der Waals surface area contributed by atoms with Gasteiger partial charge in [-0.15, -0.1) is 0 Å². The van der Waals surface area contributed by atoms with E-state index in [4.69, 9.17) is 14.5 Å². The average Bonchev–Trinajstić information content (AvgIpc) is 3.35. The Morgan fingerprint density at radius 1 is 1.21 bits per heavy atom. The van der Waals surface area contributed by atoms with Crippen LogP contribution in [0.5, 0.6) is 5.75 Å². The standard InChI is InChI=1S/C28H35F2N5O3/c1-18-4-7-34(19(2)36)17-24(18)28(31-14-20-5-9-37-10-6-20)35-8-11-38-26-13-22(21-15-32-33(3)16-21)23(27(29)30)12-25(26)35/h12-13,15-16,20,27H,4-11,14,17H2,1-3H3. The first-order valence-electron chi connectivity index (χ1n) is 13.2. The van der Waals surface area contributed by atoms with Crippen LogP contribution in [0.4, 0.5) is 14.5 Å². The van der Waals surface area contributed by atoms with Gasteiger partial charge >= 0.3 is 0 Å². The summed E-state index contributed by atoms with van der Waals surface area (Å²) in [4.78, 5) is 21.2. The number of hydrogen-bond donors (Lipinski definition) is 0. The van der Waals surface area contributed by atoms with Gasteiger partial charge in [0, 0.05) is 69.7 Å². The van der Waals surface area contributed by atoms with Crippen molar-refractivity contribution in [2.75, 3.05) is 50.9 Å². The number of ether oxygens (including phenoxy) is 2. The maximum absolute atomic E-state index is 14.4. The number of aromatic nitrogens is 2. The number of aryl methyl sites for hydroxylation is 1. The molecule has 2 aromatic rings. The van der Waals surface area contributed by atoms with Gasteiger partial charge in [0.25, 0.3) is 6.43 Å². The quantitative estimate of drug-likeness (QED) is 0.419. The summed E-state index contributed by atoms with van der Waals surface area (Å²) in [6.45, 7) is 7.73. The third-order valence-corrected chi connectivity index (χ3v) is 7.68. The Bertz CT molecular complexity index is 1250. The fourth-order valence-electron chi connectivity index (χ4n) is 5.37. The molecule has 0 N–H and O–H groups in total. The van der Waals surface area contributed by atoms with Crippen molar-refractivity contribution in [3.8, 4) is 16.9 Å². The van der Waals surface area contributed by atoms with Crippen LogP contribution in [0, 0.1) is 5.92 Å². The minimum atomic E-state index is -2.68. The molecule has 5 rings (SSSR count). The first kappa shape index (κ1) is 26.3. The van der Waals surface area contributed by atoms with Crippen LogP contribution in [-0.4, -0.2) is 72.4 Å². The lowest BCUT2D eigenvalue weighted by molar-refractivity contribution is -0.128. The molecule has 1 aromatic carbocycles. The van der Waals surface area contributed by atoms with Crippen LogP contribution in [-0.2, 0) is 16.6 Å². The lowest BCUT2D eigenvalue weighted by Gasteiger charge is -2.37. The molecule has 3 aliphatic rings. The number of amides is 1. The second-order valence-corrected chi connectivity index (χ2v) is 10.3. The average molecular weight is 528 g/mol. The highest BCUT2D eigenvalue weighted by Crippen LogP contribution is 2.42. The number of anilines is 1. The maximum Gasteiger partial charge on any atom is 0.264 e. The van der Waals surface area contributed by atoms with E-state index in [1.165, 1.54) is 11.6 Å². The number of fused-ring (bicyclic) bond motifs is 1. The summed E-state index contributed by atoms with van der Waals surface area (Å²) in [5, 5.41) is 4.16. The predicted octanol–water partition coefficient (Wildman–Crippen LogP) is 4.62. The highest BCUT2D eigenvalue weighted by atomic mass is 19.3. The Balaban J connectivity index is 1.58. The number of alkyl halides is 2. The van der Waals surface area contributed by atoms with Crippen molar-refractivity contribution in [1.82, 2.24) is 14.7 Å². The number of aliphatic imine (C=N–C) groups is 1. The normalized spacial score (nSPS) is 19.2. The van der Waals surface area contributed by atoms with Gasteiger partial charge in [-0.2, -0.15) is 5.10 Å². The lowest BCUT2D eigenvalue weighted by atomic mass is 9.96. The fraction of sp³-hybridized carbons (Fsp3) is 0.536. The fourth-order valence-corrected chi connectivity index (χ4v) is 5.37. The molecule has 0 unspecified atom stereocenters. The molecule has 38 heavy (non-hydrogen) atoms. The van der Waals surface area contributed by atoms with Gasteiger partial charge in [0.1, 0.15) is 18.2 Å². The topological polar surface area (TPSA) is 72.2 Å². The first-order chi connectivity index (χ1) is 18.3. The van der Waals surface area contributed by atoms with E-state index in [0.717, 1.165) is 43.9 Å². The van der Waals surface area contributed by atoms with E-state index in [0.29, 0.717) is 61.3 Å². The summed E-state index contributed by atoms with van der Waals surface area (Å²) < 4.78 is 41.9. The van der Waals surface area contributed by atoms with Crippen molar-refractivity contribution >= 4 is 17.4 Å². The molecule has 1 amide bonds. The smallest absolute Gasteiger partial charge is 0.264 e. The van der Waals surface area contributed by atoms with E-state index >= 15 is 0 Å². The Morgan fingerprint density at radius 2 is 2.00 bits per heavy atom. The van der Waals surface area contributed by atoms with Crippen molar-refractivity contribution in [3.05, 3.63) is 41.2 Å². The molecule has 8 nitrogen and oxygen atoms in total. The zero-order chi connectivity index (χ0) is 26.8. The number of carbonyl (C=O) groups is 1. The molecular formula is C28H35F2N5O3. The number of benzene rings is 1. The molecule has 204 valence electrons. The number of carbonyl (C=O) groups excluding carboxylic acids is 1. The molecule has 1 aromatic heterocycles. The molecule has 0 bridgehead atoms. The van der Waals surface area contributed by atoms with E-state index in [-0.39, 0.29) is 11.5 Å². The van der Waals surface area contributed by atoms with Crippen LogP contribution in [0.2, 0.25) is 0 Å². The van der Waals surface area contributed by atoms with Gasteiger partial charge in [-0.25, -0.2) is 8.78 Å². The van der Waals surface area contributed by atoms with E-state index in [1.54, 1.807) is 37.1 Å². The second kappa shape index (κ2) is 11.2. The number of hydrogen-bond acceptors (Lipinski definition) is 5. The summed E-state index contributed by atoms with van der Waals surface area (Å²) in [5.41, 5.74) is 3.68. The number of nitrogens with zero attached hydrogens (tertiary/aromatic N) is 5. The molecule has 0 saturated carbocycles. The maximum atomic E-state index is 14.4. The van der Waals surface area contributed by atoms with Gasteiger partial charge in [0.05, 0.1) is 18.4 Å². The summed E-state index contributed by atoms with van der Waals surface area (Å²) >= 11 is 0. The minimum absolute atomic E-state index is 0.0160. The van der Waals surface area contributed by atoms with Crippen molar-refractivity contribution in [3.63, 3.8) is 0 Å². The Morgan fingerprint density at radius 3 is 2.68 bits per heavy atom. The molecule has 0 atom stereocenters. The summed E-state index contributed by atoms with van der Waals surface area (Å²) in [6.07, 6.45) is 3.27. The number of amidine groups is 1. The predicted molar refractivity (Wildman–Crippen MR) is 142 cm³/mol. The zero-order valence-electron chi connectivity index (χ0n) is 22.3. The van der Waals surface area contributed by atoms with E-state index in [1.807, 2.05) is 9.80 Å². The molecule has 10 heteroatoms. The summed E-state index contributed by atoms with van der Waals surface area (Å²) in [7, 11) is 1.76. The minimum Gasteiger partial charge on any atom is -0.490 e. The van der Waals surface area contributed by atoms with Gasteiger partial charge in [-0.1, -0.05) is 5.57 Å². The lowest BCUT2D eigenvalue weighted by Crippen LogP contribution is -2.44. The van der Waals surface area contributed by atoms with Crippen molar-refractivity contribution in [1.29, 1.82) is 0 Å². The van der Waals surface area contributed by atoms with E-state index in [2.05, 4.69) is 12.0 Å². The molecule has 0 aliphatic carbocycles. The highest BCUT2D eigenvalue weighted by molar-refractivity contribution is 6.12. The van der Waals surface area contributed by atoms with Gasteiger partial charge in [0.2, 0.25) is 5.91 Å². The van der Waals surface area contributed by atoms with Crippen LogP contribution in [0.15, 0.2) is 40.7 Å². The molecule has 4 heterocycles. The van der Waals surface area contributed by atoms with Crippen molar-refractivity contribution < 1.29 is 23.0 Å². The molecule has 3 aliphatic heterocycles.